The van der Waals surface area contributed by atoms with Crippen molar-refractivity contribution in [2.75, 3.05) is 26.4 Å². The van der Waals surface area contributed by atoms with Crippen LogP contribution in [0.4, 0.5) is 0 Å². The highest BCUT2D eigenvalue weighted by Gasteiger charge is 2.81. The predicted octanol–water partition coefficient (Wildman–Crippen LogP) is 2.94. The fraction of sp³-hybridized carbons (Fsp3) is 0.963. The van der Waals surface area contributed by atoms with Gasteiger partial charge in [-0.2, -0.15) is 0 Å². The third-order valence-electron chi connectivity index (χ3n) is 11.9. The number of hydrogen-bond donors (Lipinski definition) is 1. The number of hydrogen-bond acceptors (Lipinski definition) is 8. The summed E-state index contributed by atoms with van der Waals surface area (Å²) in [6.45, 7) is 10.2. The van der Waals surface area contributed by atoms with Gasteiger partial charge in [0, 0.05) is 36.5 Å². The molecule has 0 amide bonds. The molecule has 3 aliphatic heterocycles. The number of carbonyl (C=O) groups excluding carboxylic acids is 1. The normalized spacial score (nSPS) is 55.1. The summed E-state index contributed by atoms with van der Waals surface area (Å²) < 4.78 is 37.2. The van der Waals surface area contributed by atoms with Crippen molar-refractivity contribution in [1.82, 2.24) is 0 Å². The van der Waals surface area contributed by atoms with Gasteiger partial charge in [0.15, 0.2) is 11.6 Å². The Balaban J connectivity index is 1.28. The SMILES string of the molecule is CC(=O)O[C@H]1C[C@@]2(C)[C@@H](CC[C@]2(O)C2(C)OCCO2)[C@@H]2CC3OC34CC3(CC[C@]4(C)[C@H]21)OCCO3. The molecule has 2 unspecified atom stereocenters. The van der Waals surface area contributed by atoms with E-state index in [0.29, 0.717) is 45.2 Å². The first-order valence-electron chi connectivity index (χ1n) is 13.6. The molecule has 7 aliphatic rings. The van der Waals surface area contributed by atoms with Crippen molar-refractivity contribution in [1.29, 1.82) is 0 Å². The fourth-order valence-corrected chi connectivity index (χ4v) is 10.3. The highest BCUT2D eigenvalue weighted by Crippen LogP contribution is 2.76. The summed E-state index contributed by atoms with van der Waals surface area (Å²) >= 11 is 0. The minimum atomic E-state index is -1.15. The largest absolute Gasteiger partial charge is 0.462 e. The third kappa shape index (κ3) is 2.72. The molecule has 196 valence electrons. The zero-order valence-corrected chi connectivity index (χ0v) is 21.5. The zero-order chi connectivity index (χ0) is 24.5. The van der Waals surface area contributed by atoms with Crippen molar-refractivity contribution in [2.45, 2.75) is 108 Å². The first-order valence-corrected chi connectivity index (χ1v) is 13.6. The van der Waals surface area contributed by atoms with E-state index in [1.165, 1.54) is 6.92 Å². The van der Waals surface area contributed by atoms with Gasteiger partial charge in [-0.25, -0.2) is 0 Å². The quantitative estimate of drug-likeness (QED) is 0.464. The molecule has 2 spiro atoms. The second-order valence-electron chi connectivity index (χ2n) is 13.0. The van der Waals surface area contributed by atoms with Gasteiger partial charge in [-0.3, -0.25) is 4.79 Å². The molecule has 0 bridgehead atoms. The summed E-state index contributed by atoms with van der Waals surface area (Å²) in [7, 11) is 0. The molecule has 7 rings (SSSR count). The monoisotopic (exact) mass is 492 g/mol. The standard InChI is InChI=1S/C27H40O8/c1-16(28)34-19-14-23(3)18(5-6-27(23,29)24(4)30-9-10-31-24)17-13-20-26(35-20)15-25(32-11-12-33-25)8-7-22(26,2)21(17)19/h17-21,29H,5-15H2,1-4H3/t17-,18-,19-,20?,21+,22+,23-,26?,27+/m0/s1. The Bertz CT molecular complexity index is 926. The number of rotatable bonds is 2. The van der Waals surface area contributed by atoms with Gasteiger partial charge in [0.05, 0.1) is 32.5 Å². The molecule has 0 aromatic rings. The Morgan fingerprint density at radius 2 is 1.63 bits per heavy atom. The van der Waals surface area contributed by atoms with E-state index in [9.17, 15) is 9.90 Å². The summed E-state index contributed by atoms with van der Waals surface area (Å²) in [6, 6.07) is 0. The Morgan fingerprint density at radius 1 is 0.943 bits per heavy atom. The van der Waals surface area contributed by atoms with E-state index in [2.05, 4.69) is 13.8 Å². The second-order valence-corrected chi connectivity index (χ2v) is 13.0. The van der Waals surface area contributed by atoms with Crippen LogP contribution in [-0.4, -0.2) is 72.5 Å². The van der Waals surface area contributed by atoms with Crippen LogP contribution < -0.4 is 0 Å². The van der Waals surface area contributed by atoms with Gasteiger partial charge in [0.1, 0.15) is 17.3 Å². The van der Waals surface area contributed by atoms with Crippen LogP contribution in [0.3, 0.4) is 0 Å². The Kier molecular flexibility index (Phi) is 4.67. The van der Waals surface area contributed by atoms with E-state index < -0.39 is 22.6 Å². The lowest BCUT2D eigenvalue weighted by Crippen LogP contribution is -2.69. The summed E-state index contributed by atoms with van der Waals surface area (Å²) in [4.78, 5) is 12.4. The van der Waals surface area contributed by atoms with Gasteiger partial charge in [-0.15, -0.1) is 0 Å². The Morgan fingerprint density at radius 3 is 2.31 bits per heavy atom. The highest BCUT2D eigenvalue weighted by atomic mass is 16.8. The number of ether oxygens (including phenoxy) is 6. The Labute approximate surface area is 207 Å². The maximum atomic E-state index is 12.4. The lowest BCUT2D eigenvalue weighted by molar-refractivity contribution is -0.309. The molecule has 35 heavy (non-hydrogen) atoms. The first-order chi connectivity index (χ1) is 16.5. The summed E-state index contributed by atoms with van der Waals surface area (Å²) in [5.74, 6) is -1.09. The molecule has 0 radical (unpaired) electrons. The molecule has 4 aliphatic carbocycles. The van der Waals surface area contributed by atoms with Gasteiger partial charge < -0.3 is 33.5 Å². The van der Waals surface area contributed by atoms with E-state index in [4.69, 9.17) is 28.4 Å². The average Bonchev–Trinajstić information content (AvgIpc) is 3.11. The topological polar surface area (TPSA) is 96.0 Å². The van der Waals surface area contributed by atoms with E-state index in [0.717, 1.165) is 32.1 Å². The van der Waals surface area contributed by atoms with E-state index in [1.54, 1.807) is 0 Å². The van der Waals surface area contributed by atoms with Crippen molar-refractivity contribution in [3.63, 3.8) is 0 Å². The summed E-state index contributed by atoms with van der Waals surface area (Å²) in [6.07, 6.45) is 5.43. The lowest BCUT2D eigenvalue weighted by Gasteiger charge is -2.63. The molecule has 0 aromatic carbocycles. The number of carbonyl (C=O) groups is 1. The van der Waals surface area contributed by atoms with Crippen LogP contribution in [-0.2, 0) is 33.2 Å². The number of esters is 1. The maximum Gasteiger partial charge on any atom is 0.302 e. The molecule has 3 saturated heterocycles. The summed E-state index contributed by atoms with van der Waals surface area (Å²) in [5.41, 5.74) is -2.08. The molecule has 7 fully saturated rings. The van der Waals surface area contributed by atoms with Crippen LogP contribution >= 0.6 is 0 Å². The van der Waals surface area contributed by atoms with E-state index in [1.807, 2.05) is 6.92 Å². The van der Waals surface area contributed by atoms with Crippen LogP contribution in [0.25, 0.3) is 0 Å². The van der Waals surface area contributed by atoms with Crippen molar-refractivity contribution in [2.24, 2.45) is 28.6 Å². The predicted molar refractivity (Wildman–Crippen MR) is 122 cm³/mol. The van der Waals surface area contributed by atoms with Crippen LogP contribution in [0.5, 0.6) is 0 Å². The summed E-state index contributed by atoms with van der Waals surface area (Å²) in [5, 5.41) is 12.3. The van der Waals surface area contributed by atoms with E-state index in [-0.39, 0.29) is 41.0 Å². The molecular weight excluding hydrogens is 452 g/mol. The van der Waals surface area contributed by atoms with Gasteiger partial charge in [0.25, 0.3) is 0 Å². The molecule has 8 nitrogen and oxygen atoms in total. The lowest BCUT2D eigenvalue weighted by atomic mass is 9.43. The van der Waals surface area contributed by atoms with Crippen LogP contribution in [0.2, 0.25) is 0 Å². The maximum absolute atomic E-state index is 12.4. The van der Waals surface area contributed by atoms with Gasteiger partial charge in [-0.05, 0) is 50.9 Å². The fourth-order valence-electron chi connectivity index (χ4n) is 10.3. The van der Waals surface area contributed by atoms with Crippen molar-refractivity contribution < 1.29 is 38.3 Å². The minimum Gasteiger partial charge on any atom is -0.462 e. The van der Waals surface area contributed by atoms with Crippen LogP contribution in [0.15, 0.2) is 0 Å². The van der Waals surface area contributed by atoms with E-state index >= 15 is 0 Å². The highest BCUT2D eigenvalue weighted by molar-refractivity contribution is 5.66. The minimum absolute atomic E-state index is 0.145. The Hall–Kier alpha value is -0.770. The smallest absolute Gasteiger partial charge is 0.302 e. The number of aliphatic hydroxyl groups is 1. The molecule has 4 saturated carbocycles. The number of epoxide rings is 1. The van der Waals surface area contributed by atoms with Crippen LogP contribution in [0.1, 0.15) is 72.6 Å². The van der Waals surface area contributed by atoms with Gasteiger partial charge >= 0.3 is 5.97 Å². The van der Waals surface area contributed by atoms with Crippen molar-refractivity contribution in [3.8, 4) is 0 Å². The van der Waals surface area contributed by atoms with Gasteiger partial charge in [-0.1, -0.05) is 13.8 Å². The third-order valence-corrected chi connectivity index (χ3v) is 11.9. The van der Waals surface area contributed by atoms with Crippen molar-refractivity contribution in [3.05, 3.63) is 0 Å². The van der Waals surface area contributed by atoms with Crippen LogP contribution in [0, 0.1) is 28.6 Å². The number of fused-ring (bicyclic) bond motifs is 4. The van der Waals surface area contributed by atoms with Crippen molar-refractivity contribution >= 4 is 5.97 Å². The average molecular weight is 493 g/mol. The zero-order valence-electron chi connectivity index (χ0n) is 21.5. The molecule has 9 atom stereocenters. The molecule has 8 heteroatoms. The first kappa shape index (κ1) is 23.4. The molecule has 0 aromatic heterocycles. The van der Waals surface area contributed by atoms with Gasteiger partial charge in [0.2, 0.25) is 0 Å². The molecule has 1 N–H and O–H groups in total. The second kappa shape index (κ2) is 7.00. The molecule has 3 heterocycles. The molecular formula is C27H40O8.